The molecule has 104 valence electrons. The summed E-state index contributed by atoms with van der Waals surface area (Å²) in [5, 5.41) is 3.52. The van der Waals surface area contributed by atoms with E-state index in [0.717, 1.165) is 29.7 Å². The van der Waals surface area contributed by atoms with Crippen molar-refractivity contribution in [3.05, 3.63) is 0 Å². The van der Waals surface area contributed by atoms with Gasteiger partial charge in [-0.1, -0.05) is 19.8 Å². The van der Waals surface area contributed by atoms with Crippen LogP contribution in [-0.4, -0.2) is 37.6 Å². The second-order valence-electron chi connectivity index (χ2n) is 7.05. The van der Waals surface area contributed by atoms with Gasteiger partial charge < -0.3 is 10.2 Å². The van der Waals surface area contributed by atoms with Crippen LogP contribution in [0, 0.1) is 23.7 Å². The molecule has 1 aliphatic heterocycles. The number of nitrogens with one attached hydrogen (secondary N) is 1. The molecule has 5 atom stereocenters. The predicted octanol–water partition coefficient (Wildman–Crippen LogP) is 2.74. The summed E-state index contributed by atoms with van der Waals surface area (Å²) in [5.74, 6) is 4.13. The normalized spacial score (nSPS) is 44.7. The molecule has 2 bridgehead atoms. The number of nitrogens with zero attached hydrogens (tertiary/aromatic N) is 1. The average molecular weight is 250 g/mol. The van der Waals surface area contributed by atoms with Crippen molar-refractivity contribution in [1.82, 2.24) is 10.2 Å². The van der Waals surface area contributed by atoms with Crippen molar-refractivity contribution in [1.29, 1.82) is 0 Å². The Labute approximate surface area is 113 Å². The van der Waals surface area contributed by atoms with Crippen molar-refractivity contribution >= 4 is 0 Å². The summed E-state index contributed by atoms with van der Waals surface area (Å²) < 4.78 is 0. The molecule has 18 heavy (non-hydrogen) atoms. The number of likely N-dealkylation sites (tertiary alicyclic amines) is 1. The lowest BCUT2D eigenvalue weighted by Crippen LogP contribution is -2.49. The molecule has 2 nitrogen and oxygen atoms in total. The van der Waals surface area contributed by atoms with E-state index < -0.39 is 0 Å². The third-order valence-corrected chi connectivity index (χ3v) is 6.09. The molecule has 2 aliphatic carbocycles. The lowest BCUT2D eigenvalue weighted by atomic mass is 9.86. The molecule has 0 aromatic heterocycles. The van der Waals surface area contributed by atoms with Crippen LogP contribution in [-0.2, 0) is 0 Å². The molecule has 3 aliphatic rings. The SMILES string of the molecule is CCC1CN(CC2CC3CCC2C3)CCC1NC. The van der Waals surface area contributed by atoms with Gasteiger partial charge in [0.15, 0.2) is 0 Å². The first kappa shape index (κ1) is 12.9. The number of rotatable bonds is 4. The summed E-state index contributed by atoms with van der Waals surface area (Å²) >= 11 is 0. The number of fused-ring (bicyclic) bond motifs is 2. The molecular weight excluding hydrogens is 220 g/mol. The van der Waals surface area contributed by atoms with Gasteiger partial charge in [-0.15, -0.1) is 0 Å². The van der Waals surface area contributed by atoms with Gasteiger partial charge in [0.25, 0.3) is 0 Å². The van der Waals surface area contributed by atoms with Gasteiger partial charge in [0.1, 0.15) is 0 Å². The number of hydrogen-bond acceptors (Lipinski definition) is 2. The Morgan fingerprint density at radius 2 is 2.00 bits per heavy atom. The van der Waals surface area contributed by atoms with Crippen molar-refractivity contribution in [2.75, 3.05) is 26.7 Å². The Kier molecular flexibility index (Phi) is 3.95. The molecule has 0 amide bonds. The minimum Gasteiger partial charge on any atom is -0.317 e. The molecule has 2 saturated carbocycles. The number of piperidine rings is 1. The van der Waals surface area contributed by atoms with Crippen molar-refractivity contribution in [2.24, 2.45) is 23.7 Å². The topological polar surface area (TPSA) is 15.3 Å². The van der Waals surface area contributed by atoms with Crippen LogP contribution in [0.2, 0.25) is 0 Å². The molecule has 3 rings (SSSR count). The van der Waals surface area contributed by atoms with Crippen LogP contribution in [0.1, 0.15) is 45.4 Å². The Bertz CT molecular complexity index is 278. The van der Waals surface area contributed by atoms with Gasteiger partial charge in [0.05, 0.1) is 0 Å². The third kappa shape index (κ3) is 2.46. The van der Waals surface area contributed by atoms with Gasteiger partial charge in [-0.3, -0.25) is 0 Å². The summed E-state index contributed by atoms with van der Waals surface area (Å²) in [6, 6.07) is 0.770. The van der Waals surface area contributed by atoms with Crippen LogP contribution >= 0.6 is 0 Å². The van der Waals surface area contributed by atoms with E-state index in [-0.39, 0.29) is 0 Å². The van der Waals surface area contributed by atoms with Crippen LogP contribution in [0.15, 0.2) is 0 Å². The zero-order chi connectivity index (χ0) is 12.5. The zero-order valence-corrected chi connectivity index (χ0v) is 12.2. The summed E-state index contributed by atoms with van der Waals surface area (Å²) in [4.78, 5) is 2.79. The van der Waals surface area contributed by atoms with Gasteiger partial charge in [-0.05, 0) is 62.9 Å². The lowest BCUT2D eigenvalue weighted by molar-refractivity contribution is 0.107. The van der Waals surface area contributed by atoms with Crippen molar-refractivity contribution in [3.8, 4) is 0 Å². The lowest BCUT2D eigenvalue weighted by Gasteiger charge is -2.40. The van der Waals surface area contributed by atoms with Gasteiger partial charge in [0.2, 0.25) is 0 Å². The Hall–Kier alpha value is -0.0800. The van der Waals surface area contributed by atoms with E-state index in [1.807, 2.05) is 0 Å². The van der Waals surface area contributed by atoms with Crippen LogP contribution in [0.4, 0.5) is 0 Å². The maximum absolute atomic E-state index is 3.52. The van der Waals surface area contributed by atoms with Gasteiger partial charge in [-0.25, -0.2) is 0 Å². The maximum Gasteiger partial charge on any atom is 0.0117 e. The highest BCUT2D eigenvalue weighted by Gasteiger charge is 2.40. The van der Waals surface area contributed by atoms with E-state index in [1.165, 1.54) is 32.5 Å². The standard InChI is InChI=1S/C16H30N2/c1-3-13-10-18(7-6-16(13)17-2)11-15-9-12-4-5-14(15)8-12/h12-17H,3-11H2,1-2H3. The van der Waals surface area contributed by atoms with E-state index in [1.54, 1.807) is 25.7 Å². The minimum absolute atomic E-state index is 0.770. The molecular formula is C16H30N2. The molecule has 1 heterocycles. The monoisotopic (exact) mass is 250 g/mol. The minimum atomic E-state index is 0.770. The van der Waals surface area contributed by atoms with Crippen LogP contribution in [0.25, 0.3) is 0 Å². The van der Waals surface area contributed by atoms with E-state index in [4.69, 9.17) is 0 Å². The van der Waals surface area contributed by atoms with Crippen molar-refractivity contribution in [3.63, 3.8) is 0 Å². The summed E-state index contributed by atoms with van der Waals surface area (Å²) in [5.41, 5.74) is 0. The predicted molar refractivity (Wildman–Crippen MR) is 76.6 cm³/mol. The highest BCUT2D eigenvalue weighted by molar-refractivity contribution is 4.92. The molecule has 3 fully saturated rings. The first-order valence-electron chi connectivity index (χ1n) is 8.19. The zero-order valence-electron chi connectivity index (χ0n) is 12.2. The van der Waals surface area contributed by atoms with Crippen LogP contribution in [0.3, 0.4) is 0 Å². The summed E-state index contributed by atoms with van der Waals surface area (Å²) in [6.45, 7) is 6.44. The Morgan fingerprint density at radius 1 is 1.11 bits per heavy atom. The molecule has 5 unspecified atom stereocenters. The fourth-order valence-electron chi connectivity index (χ4n) is 5.00. The molecule has 0 aromatic rings. The largest absolute Gasteiger partial charge is 0.317 e. The van der Waals surface area contributed by atoms with Crippen LogP contribution < -0.4 is 5.32 Å². The Morgan fingerprint density at radius 3 is 2.61 bits per heavy atom. The van der Waals surface area contributed by atoms with E-state index in [0.29, 0.717) is 0 Å². The molecule has 1 N–H and O–H groups in total. The van der Waals surface area contributed by atoms with Gasteiger partial charge >= 0.3 is 0 Å². The van der Waals surface area contributed by atoms with E-state index in [9.17, 15) is 0 Å². The van der Waals surface area contributed by atoms with Gasteiger partial charge in [-0.2, -0.15) is 0 Å². The van der Waals surface area contributed by atoms with Crippen molar-refractivity contribution in [2.45, 2.75) is 51.5 Å². The highest BCUT2D eigenvalue weighted by Crippen LogP contribution is 2.48. The third-order valence-electron chi connectivity index (χ3n) is 6.09. The molecule has 0 spiro atoms. The summed E-state index contributed by atoms with van der Waals surface area (Å²) in [6.07, 6.45) is 8.89. The van der Waals surface area contributed by atoms with E-state index >= 15 is 0 Å². The quantitative estimate of drug-likeness (QED) is 0.825. The molecule has 0 aromatic carbocycles. The Balaban J connectivity index is 1.52. The fourth-order valence-corrected chi connectivity index (χ4v) is 5.00. The van der Waals surface area contributed by atoms with E-state index in [2.05, 4.69) is 24.2 Å². The van der Waals surface area contributed by atoms with Crippen LogP contribution in [0.5, 0.6) is 0 Å². The smallest absolute Gasteiger partial charge is 0.0117 e. The highest BCUT2D eigenvalue weighted by atomic mass is 15.1. The first-order chi connectivity index (χ1) is 8.80. The maximum atomic E-state index is 3.52. The summed E-state index contributed by atoms with van der Waals surface area (Å²) in [7, 11) is 2.14. The average Bonchev–Trinajstić information content (AvgIpc) is 3.01. The molecule has 2 heteroatoms. The first-order valence-corrected chi connectivity index (χ1v) is 8.19. The fraction of sp³-hybridized carbons (Fsp3) is 1.00. The second kappa shape index (κ2) is 5.50. The van der Waals surface area contributed by atoms with Gasteiger partial charge in [0, 0.05) is 19.1 Å². The molecule has 0 radical (unpaired) electrons. The second-order valence-corrected chi connectivity index (χ2v) is 7.05. The molecule has 1 saturated heterocycles. The number of hydrogen-bond donors (Lipinski definition) is 1. The van der Waals surface area contributed by atoms with Crippen molar-refractivity contribution < 1.29 is 0 Å².